The number of rotatable bonds is 4. The van der Waals surface area contributed by atoms with E-state index in [0.29, 0.717) is 6.42 Å². The maximum atomic E-state index is 10.2. The first-order valence-electron chi connectivity index (χ1n) is 6.62. The largest absolute Gasteiger partial charge is 0.388 e. The third-order valence-electron chi connectivity index (χ3n) is 3.29. The molecule has 0 radical (unpaired) electrons. The summed E-state index contributed by atoms with van der Waals surface area (Å²) in [6.07, 6.45) is 2.39. The standard InChI is InChI=1S/C18H20O/c1-14(12-17-11-7-6-8-15(17)2)13-18(19)16-9-4-3-5-10-16/h3-12,18-19H,13H2,1-2H3/b14-12+. The van der Waals surface area contributed by atoms with Crippen molar-refractivity contribution in [3.05, 3.63) is 76.9 Å². The Hall–Kier alpha value is -1.86. The van der Waals surface area contributed by atoms with E-state index in [-0.39, 0.29) is 0 Å². The van der Waals surface area contributed by atoms with Gasteiger partial charge in [0.1, 0.15) is 0 Å². The van der Waals surface area contributed by atoms with E-state index >= 15 is 0 Å². The van der Waals surface area contributed by atoms with Crippen molar-refractivity contribution in [2.45, 2.75) is 26.4 Å². The number of aryl methyl sites for hydroxylation is 1. The highest BCUT2D eigenvalue weighted by Crippen LogP contribution is 2.22. The maximum Gasteiger partial charge on any atom is 0.0827 e. The van der Waals surface area contributed by atoms with E-state index in [1.165, 1.54) is 16.7 Å². The van der Waals surface area contributed by atoms with Crippen LogP contribution in [0.1, 0.15) is 36.1 Å². The highest BCUT2D eigenvalue weighted by molar-refractivity contribution is 5.56. The first-order valence-corrected chi connectivity index (χ1v) is 6.62. The Morgan fingerprint density at radius 2 is 1.68 bits per heavy atom. The third kappa shape index (κ3) is 3.80. The highest BCUT2D eigenvalue weighted by atomic mass is 16.3. The fourth-order valence-electron chi connectivity index (χ4n) is 2.17. The topological polar surface area (TPSA) is 20.2 Å². The van der Waals surface area contributed by atoms with Crippen LogP contribution in [-0.4, -0.2) is 5.11 Å². The van der Waals surface area contributed by atoms with Gasteiger partial charge in [-0.25, -0.2) is 0 Å². The predicted molar refractivity (Wildman–Crippen MR) is 80.8 cm³/mol. The van der Waals surface area contributed by atoms with Crippen molar-refractivity contribution in [3.63, 3.8) is 0 Å². The summed E-state index contributed by atoms with van der Waals surface area (Å²) in [5.41, 5.74) is 4.64. The molecule has 2 rings (SSSR count). The molecule has 0 aliphatic rings. The normalized spacial score (nSPS) is 13.3. The van der Waals surface area contributed by atoms with Crippen LogP contribution < -0.4 is 0 Å². The molecule has 0 spiro atoms. The Bertz CT molecular complexity index is 555. The molecule has 0 aliphatic carbocycles. The first-order chi connectivity index (χ1) is 9.16. The third-order valence-corrected chi connectivity index (χ3v) is 3.29. The zero-order valence-electron chi connectivity index (χ0n) is 11.5. The summed E-state index contributed by atoms with van der Waals surface area (Å²) in [5, 5.41) is 10.2. The van der Waals surface area contributed by atoms with Crippen molar-refractivity contribution in [1.82, 2.24) is 0 Å². The van der Waals surface area contributed by atoms with Gasteiger partial charge in [0.25, 0.3) is 0 Å². The van der Waals surface area contributed by atoms with Crippen LogP contribution in [0.5, 0.6) is 0 Å². The van der Waals surface area contributed by atoms with Crippen LogP contribution in [0.2, 0.25) is 0 Å². The summed E-state index contributed by atoms with van der Waals surface area (Å²) in [5.74, 6) is 0. The molecule has 0 bridgehead atoms. The lowest BCUT2D eigenvalue weighted by molar-refractivity contribution is 0.178. The number of hydrogen-bond acceptors (Lipinski definition) is 1. The summed E-state index contributed by atoms with van der Waals surface area (Å²) in [6, 6.07) is 18.1. The van der Waals surface area contributed by atoms with Crippen molar-refractivity contribution in [3.8, 4) is 0 Å². The minimum atomic E-state index is -0.429. The molecular formula is C18H20O. The van der Waals surface area contributed by atoms with Gasteiger partial charge in [-0.2, -0.15) is 0 Å². The minimum Gasteiger partial charge on any atom is -0.388 e. The Morgan fingerprint density at radius 1 is 1.05 bits per heavy atom. The van der Waals surface area contributed by atoms with Gasteiger partial charge in [0.2, 0.25) is 0 Å². The molecule has 1 unspecified atom stereocenters. The van der Waals surface area contributed by atoms with Gasteiger partial charge in [-0.15, -0.1) is 0 Å². The lowest BCUT2D eigenvalue weighted by Crippen LogP contribution is -1.97. The molecule has 0 fully saturated rings. The Morgan fingerprint density at radius 3 is 2.37 bits per heavy atom. The molecule has 1 heteroatoms. The zero-order valence-corrected chi connectivity index (χ0v) is 11.5. The second-order valence-electron chi connectivity index (χ2n) is 4.98. The SMILES string of the molecule is C/C(=C\c1ccccc1C)CC(O)c1ccccc1. The number of hydrogen-bond donors (Lipinski definition) is 1. The second-order valence-corrected chi connectivity index (χ2v) is 4.98. The molecule has 19 heavy (non-hydrogen) atoms. The van der Waals surface area contributed by atoms with Crippen molar-refractivity contribution in [2.75, 3.05) is 0 Å². The molecule has 0 heterocycles. The van der Waals surface area contributed by atoms with Crippen LogP contribution >= 0.6 is 0 Å². The van der Waals surface area contributed by atoms with E-state index in [0.717, 1.165) is 5.56 Å². The Balaban J connectivity index is 2.09. The lowest BCUT2D eigenvalue weighted by Gasteiger charge is -2.11. The van der Waals surface area contributed by atoms with Gasteiger partial charge in [-0.05, 0) is 37.0 Å². The smallest absolute Gasteiger partial charge is 0.0827 e. The fraction of sp³-hybridized carbons (Fsp3) is 0.222. The first kappa shape index (κ1) is 13.6. The Kier molecular flexibility index (Phi) is 4.53. The number of aliphatic hydroxyl groups excluding tert-OH is 1. The van der Waals surface area contributed by atoms with Gasteiger partial charge in [-0.1, -0.05) is 66.2 Å². The average molecular weight is 252 g/mol. The summed E-state index contributed by atoms with van der Waals surface area (Å²) < 4.78 is 0. The van der Waals surface area contributed by atoms with Gasteiger partial charge < -0.3 is 5.11 Å². The van der Waals surface area contributed by atoms with E-state index < -0.39 is 6.10 Å². The monoisotopic (exact) mass is 252 g/mol. The van der Waals surface area contributed by atoms with Gasteiger partial charge in [0.05, 0.1) is 6.10 Å². The predicted octanol–water partition coefficient (Wildman–Crippen LogP) is 4.52. The maximum absolute atomic E-state index is 10.2. The molecule has 0 aromatic heterocycles. The van der Waals surface area contributed by atoms with E-state index in [2.05, 4.69) is 32.1 Å². The van der Waals surface area contributed by atoms with Crippen LogP contribution in [0, 0.1) is 6.92 Å². The highest BCUT2D eigenvalue weighted by Gasteiger charge is 2.07. The van der Waals surface area contributed by atoms with Crippen molar-refractivity contribution >= 4 is 6.08 Å². The molecule has 2 aromatic rings. The molecule has 0 amide bonds. The molecule has 1 atom stereocenters. The van der Waals surface area contributed by atoms with Crippen LogP contribution in [-0.2, 0) is 0 Å². The molecule has 2 aromatic carbocycles. The van der Waals surface area contributed by atoms with E-state index in [1.807, 2.05) is 42.5 Å². The molecule has 0 saturated carbocycles. The van der Waals surface area contributed by atoms with Crippen molar-refractivity contribution in [1.29, 1.82) is 0 Å². The Labute approximate surface area is 115 Å². The summed E-state index contributed by atoms with van der Waals surface area (Å²) >= 11 is 0. The van der Waals surface area contributed by atoms with E-state index in [4.69, 9.17) is 0 Å². The number of benzene rings is 2. The molecule has 1 N–H and O–H groups in total. The minimum absolute atomic E-state index is 0.429. The summed E-state index contributed by atoms with van der Waals surface area (Å²) in [4.78, 5) is 0. The van der Waals surface area contributed by atoms with Gasteiger partial charge in [-0.3, -0.25) is 0 Å². The van der Waals surface area contributed by atoms with E-state index in [9.17, 15) is 5.11 Å². The van der Waals surface area contributed by atoms with Crippen LogP contribution in [0.4, 0.5) is 0 Å². The molecule has 98 valence electrons. The summed E-state index contributed by atoms with van der Waals surface area (Å²) in [7, 11) is 0. The lowest BCUT2D eigenvalue weighted by atomic mass is 9.99. The van der Waals surface area contributed by atoms with Crippen molar-refractivity contribution in [2.24, 2.45) is 0 Å². The van der Waals surface area contributed by atoms with Crippen LogP contribution in [0.3, 0.4) is 0 Å². The summed E-state index contributed by atoms with van der Waals surface area (Å²) in [6.45, 7) is 4.17. The molecule has 0 saturated heterocycles. The second kappa shape index (κ2) is 6.35. The number of aliphatic hydroxyl groups is 1. The molecule has 1 nitrogen and oxygen atoms in total. The molecule has 0 aliphatic heterocycles. The van der Waals surface area contributed by atoms with E-state index in [1.54, 1.807) is 0 Å². The zero-order chi connectivity index (χ0) is 13.7. The average Bonchev–Trinajstić information content (AvgIpc) is 2.42. The van der Waals surface area contributed by atoms with Crippen LogP contribution in [0.15, 0.2) is 60.2 Å². The fourth-order valence-corrected chi connectivity index (χ4v) is 2.17. The van der Waals surface area contributed by atoms with Gasteiger partial charge >= 0.3 is 0 Å². The van der Waals surface area contributed by atoms with Gasteiger partial charge in [0.15, 0.2) is 0 Å². The quantitative estimate of drug-likeness (QED) is 0.848. The van der Waals surface area contributed by atoms with Crippen molar-refractivity contribution < 1.29 is 5.11 Å². The van der Waals surface area contributed by atoms with Gasteiger partial charge in [0, 0.05) is 0 Å². The molecular weight excluding hydrogens is 232 g/mol. The van der Waals surface area contributed by atoms with Crippen LogP contribution in [0.25, 0.3) is 6.08 Å².